The van der Waals surface area contributed by atoms with Crippen LogP contribution in [0.1, 0.15) is 15.9 Å². The van der Waals surface area contributed by atoms with E-state index in [1.165, 1.54) is 6.07 Å². The summed E-state index contributed by atoms with van der Waals surface area (Å²) in [7, 11) is 0. The van der Waals surface area contributed by atoms with E-state index in [0.29, 0.717) is 5.56 Å². The second-order valence-electron chi connectivity index (χ2n) is 2.93. The molecule has 1 aromatic carbocycles. The minimum Gasteiger partial charge on any atom is -0.507 e. The Labute approximate surface area is 97.1 Å². The number of benzene rings is 1. The number of halogens is 1. The zero-order valence-corrected chi connectivity index (χ0v) is 9.70. The van der Waals surface area contributed by atoms with E-state index in [0.717, 1.165) is 5.56 Å². The fourth-order valence-corrected chi connectivity index (χ4v) is 1.43. The Morgan fingerprint density at radius 1 is 1.53 bits per heavy atom. The monoisotopic (exact) mass is 266 g/mol. The molecule has 0 bridgehead atoms. The van der Waals surface area contributed by atoms with E-state index in [4.69, 9.17) is 0 Å². The molecule has 0 fully saturated rings. The van der Waals surface area contributed by atoms with E-state index in [2.05, 4.69) is 22.5 Å². The molecular weight excluding hydrogens is 256 g/mol. The van der Waals surface area contributed by atoms with Crippen LogP contribution in [0.3, 0.4) is 0 Å². The van der Waals surface area contributed by atoms with Crippen LogP contribution in [0.4, 0.5) is 0 Å². The predicted molar refractivity (Wildman–Crippen MR) is 65.5 cm³/mol. The van der Waals surface area contributed by atoms with Crippen molar-refractivity contribution in [2.75, 3.05) is 5.33 Å². The zero-order valence-electron chi connectivity index (χ0n) is 8.11. The summed E-state index contributed by atoms with van der Waals surface area (Å²) in [6.45, 7) is 3.56. The molecule has 0 aliphatic rings. The maximum atomic E-state index is 11.4. The van der Waals surface area contributed by atoms with Crippen molar-refractivity contribution in [3.63, 3.8) is 0 Å². The third kappa shape index (κ3) is 3.06. The van der Waals surface area contributed by atoms with Gasteiger partial charge in [0.2, 0.25) is 0 Å². The molecule has 0 saturated heterocycles. The van der Waals surface area contributed by atoms with Gasteiger partial charge in [-0.25, -0.2) is 0 Å². The van der Waals surface area contributed by atoms with Crippen molar-refractivity contribution in [1.29, 1.82) is 0 Å². The second-order valence-corrected chi connectivity index (χ2v) is 3.49. The molecule has 1 N–H and O–H groups in total. The molecule has 0 amide bonds. The Hall–Kier alpha value is -1.35. The number of hydrogen-bond donors (Lipinski definition) is 1. The van der Waals surface area contributed by atoms with E-state index < -0.39 is 0 Å². The smallest absolute Gasteiger partial charge is 0.177 e. The van der Waals surface area contributed by atoms with Crippen LogP contribution in [0.15, 0.2) is 36.9 Å². The van der Waals surface area contributed by atoms with E-state index in [1.54, 1.807) is 24.3 Å². The van der Waals surface area contributed by atoms with Crippen molar-refractivity contribution in [2.45, 2.75) is 0 Å². The first kappa shape index (κ1) is 11.7. The van der Waals surface area contributed by atoms with E-state index in [1.807, 2.05) is 6.08 Å². The van der Waals surface area contributed by atoms with Gasteiger partial charge in [-0.1, -0.05) is 46.8 Å². The molecule has 0 saturated carbocycles. The van der Waals surface area contributed by atoms with E-state index in [9.17, 15) is 9.90 Å². The van der Waals surface area contributed by atoms with Gasteiger partial charge in [0.25, 0.3) is 0 Å². The first-order chi connectivity index (χ1) is 7.19. The molecule has 1 rings (SSSR count). The van der Waals surface area contributed by atoms with Gasteiger partial charge in [0.15, 0.2) is 5.78 Å². The van der Waals surface area contributed by atoms with Crippen LogP contribution in [0, 0.1) is 0 Å². The standard InChI is InChI=1S/C12H11BrO2/c1-2-3-4-9-5-6-11(14)10(7-9)12(15)8-13/h2-7,14H,1,8H2. The van der Waals surface area contributed by atoms with E-state index >= 15 is 0 Å². The fourth-order valence-electron chi connectivity index (χ4n) is 1.13. The molecular formula is C12H11BrO2. The summed E-state index contributed by atoms with van der Waals surface area (Å²) in [5, 5.41) is 9.68. The molecule has 0 heterocycles. The van der Waals surface area contributed by atoms with Gasteiger partial charge in [0.1, 0.15) is 5.75 Å². The molecule has 0 spiro atoms. The number of carbonyl (C=O) groups excluding carboxylic acids is 1. The summed E-state index contributed by atoms with van der Waals surface area (Å²) in [6, 6.07) is 4.90. The topological polar surface area (TPSA) is 37.3 Å². The Morgan fingerprint density at radius 2 is 2.27 bits per heavy atom. The normalized spacial score (nSPS) is 10.5. The maximum absolute atomic E-state index is 11.4. The molecule has 78 valence electrons. The zero-order chi connectivity index (χ0) is 11.3. The predicted octanol–water partition coefficient (Wildman–Crippen LogP) is 3.17. The first-order valence-electron chi connectivity index (χ1n) is 4.40. The Kier molecular flexibility index (Phi) is 4.31. The Balaban J connectivity index is 3.10. The number of allylic oxidation sites excluding steroid dienone is 2. The number of alkyl halides is 1. The maximum Gasteiger partial charge on any atom is 0.177 e. The number of phenolic OH excluding ortho intramolecular Hbond substituents is 1. The molecule has 3 heteroatoms. The van der Waals surface area contributed by atoms with Crippen molar-refractivity contribution in [1.82, 2.24) is 0 Å². The van der Waals surface area contributed by atoms with Crippen molar-refractivity contribution < 1.29 is 9.90 Å². The van der Waals surface area contributed by atoms with Gasteiger partial charge < -0.3 is 5.11 Å². The molecule has 2 nitrogen and oxygen atoms in total. The third-order valence-corrected chi connectivity index (χ3v) is 2.38. The van der Waals surface area contributed by atoms with Gasteiger partial charge in [-0.05, 0) is 17.7 Å². The number of Topliss-reactive ketones (excluding diaryl/α,β-unsaturated/α-hetero) is 1. The van der Waals surface area contributed by atoms with Crippen LogP contribution in [0.25, 0.3) is 6.08 Å². The molecule has 15 heavy (non-hydrogen) atoms. The highest BCUT2D eigenvalue weighted by Gasteiger charge is 2.09. The number of hydrogen-bond acceptors (Lipinski definition) is 2. The van der Waals surface area contributed by atoms with Crippen LogP contribution in [-0.2, 0) is 0 Å². The average molecular weight is 267 g/mol. The van der Waals surface area contributed by atoms with Crippen molar-refractivity contribution in [3.05, 3.63) is 48.1 Å². The van der Waals surface area contributed by atoms with Gasteiger partial charge in [-0.3, -0.25) is 4.79 Å². The average Bonchev–Trinajstić information content (AvgIpc) is 2.27. The minimum absolute atomic E-state index is 0.00945. The number of aromatic hydroxyl groups is 1. The minimum atomic E-state index is -0.138. The summed E-state index contributed by atoms with van der Waals surface area (Å²) in [4.78, 5) is 11.4. The van der Waals surface area contributed by atoms with Crippen LogP contribution in [-0.4, -0.2) is 16.2 Å². The first-order valence-corrected chi connectivity index (χ1v) is 5.52. The fraction of sp³-hybridized carbons (Fsp3) is 0.0833. The molecule has 0 aliphatic carbocycles. The second kappa shape index (κ2) is 5.51. The van der Waals surface area contributed by atoms with Crippen molar-refractivity contribution in [3.8, 4) is 5.75 Å². The number of rotatable bonds is 4. The lowest BCUT2D eigenvalue weighted by atomic mass is 10.1. The third-order valence-electron chi connectivity index (χ3n) is 1.87. The highest BCUT2D eigenvalue weighted by Crippen LogP contribution is 2.20. The molecule has 0 radical (unpaired) electrons. The lowest BCUT2D eigenvalue weighted by Crippen LogP contribution is -2.00. The molecule has 0 atom stereocenters. The largest absolute Gasteiger partial charge is 0.507 e. The summed E-state index contributed by atoms with van der Waals surface area (Å²) < 4.78 is 0. The lowest BCUT2D eigenvalue weighted by Gasteiger charge is -2.02. The molecule has 0 aliphatic heterocycles. The van der Waals surface area contributed by atoms with Crippen LogP contribution in [0.5, 0.6) is 5.75 Å². The summed E-state index contributed by atoms with van der Waals surface area (Å²) in [5.41, 5.74) is 1.19. The SMILES string of the molecule is C=CC=Cc1ccc(O)c(C(=O)CBr)c1. The summed E-state index contributed by atoms with van der Waals surface area (Å²) >= 11 is 3.07. The van der Waals surface area contributed by atoms with Gasteiger partial charge in [-0.15, -0.1) is 0 Å². The highest BCUT2D eigenvalue weighted by molar-refractivity contribution is 9.09. The van der Waals surface area contributed by atoms with E-state index in [-0.39, 0.29) is 16.9 Å². The molecule has 0 unspecified atom stereocenters. The number of ketones is 1. The van der Waals surface area contributed by atoms with Gasteiger partial charge in [-0.2, -0.15) is 0 Å². The van der Waals surface area contributed by atoms with Gasteiger partial charge in [0, 0.05) is 0 Å². The van der Waals surface area contributed by atoms with Gasteiger partial charge >= 0.3 is 0 Å². The Bertz CT molecular complexity index is 408. The van der Waals surface area contributed by atoms with Gasteiger partial charge in [0.05, 0.1) is 10.9 Å². The summed E-state index contributed by atoms with van der Waals surface area (Å²) in [5.74, 6) is -0.128. The number of carbonyl (C=O) groups is 1. The summed E-state index contributed by atoms with van der Waals surface area (Å²) in [6.07, 6.45) is 5.24. The highest BCUT2D eigenvalue weighted by atomic mass is 79.9. The van der Waals surface area contributed by atoms with Crippen molar-refractivity contribution >= 4 is 27.8 Å². The van der Waals surface area contributed by atoms with Crippen molar-refractivity contribution in [2.24, 2.45) is 0 Å². The molecule has 1 aromatic rings. The quantitative estimate of drug-likeness (QED) is 0.517. The van der Waals surface area contributed by atoms with Crippen LogP contribution in [0.2, 0.25) is 0 Å². The lowest BCUT2D eigenvalue weighted by molar-refractivity contribution is 0.102. The molecule has 0 aromatic heterocycles. The number of phenols is 1. The Morgan fingerprint density at radius 3 is 2.87 bits per heavy atom. The van der Waals surface area contributed by atoms with Crippen LogP contribution >= 0.6 is 15.9 Å². The van der Waals surface area contributed by atoms with Crippen LogP contribution < -0.4 is 0 Å².